The zero-order chi connectivity index (χ0) is 14.7. The van der Waals surface area contributed by atoms with Crippen LogP contribution < -0.4 is 5.48 Å². The lowest BCUT2D eigenvalue weighted by molar-refractivity contribution is 0.517. The second-order valence-electron chi connectivity index (χ2n) is 5.10. The molecule has 0 fully saturated rings. The van der Waals surface area contributed by atoms with Crippen LogP contribution in [0.25, 0.3) is 17.5 Å². The highest BCUT2D eigenvalue weighted by Crippen LogP contribution is 2.30. The summed E-state index contributed by atoms with van der Waals surface area (Å²) in [5, 5.41) is 11.1. The van der Waals surface area contributed by atoms with E-state index in [1.54, 1.807) is 24.4 Å². The fourth-order valence-electron chi connectivity index (χ4n) is 2.24. The number of imidazole rings is 1. The standard InChI is InChI=1S/C15H19N4O/c1-5-12-15(14-13(18-20)7-6-8-16-14)19(9-10(2)3)11(4)17-12/h5-8,10,18H,1,9H2,2-4H3/q-1. The third kappa shape index (κ3) is 2.58. The lowest BCUT2D eigenvalue weighted by Crippen LogP contribution is -2.09. The molecule has 0 aliphatic rings. The largest absolute Gasteiger partial charge is 0.761 e. The lowest BCUT2D eigenvalue weighted by atomic mass is 10.1. The van der Waals surface area contributed by atoms with Crippen LogP contribution in [0.5, 0.6) is 0 Å². The lowest BCUT2D eigenvalue weighted by Gasteiger charge is -2.17. The summed E-state index contributed by atoms with van der Waals surface area (Å²) < 4.78 is 2.09. The zero-order valence-corrected chi connectivity index (χ0v) is 12.1. The fourth-order valence-corrected chi connectivity index (χ4v) is 2.24. The molecule has 0 atom stereocenters. The van der Waals surface area contributed by atoms with Crippen LogP contribution in [0.3, 0.4) is 0 Å². The number of aromatic nitrogens is 3. The Labute approximate surface area is 119 Å². The molecule has 2 rings (SSSR count). The van der Waals surface area contributed by atoms with Crippen molar-refractivity contribution in [3.8, 4) is 11.4 Å². The third-order valence-electron chi connectivity index (χ3n) is 3.07. The molecule has 1 N–H and O–H groups in total. The highest BCUT2D eigenvalue weighted by atomic mass is 16.5. The van der Waals surface area contributed by atoms with Crippen molar-refractivity contribution in [2.24, 2.45) is 5.92 Å². The molecule has 0 unspecified atom stereocenters. The Kier molecular flexibility index (Phi) is 4.20. The van der Waals surface area contributed by atoms with E-state index in [2.05, 4.69) is 35.0 Å². The van der Waals surface area contributed by atoms with Gasteiger partial charge in [-0.1, -0.05) is 20.4 Å². The number of anilines is 1. The first kappa shape index (κ1) is 14.3. The maximum Gasteiger partial charge on any atom is 0.111 e. The molecule has 2 aromatic heterocycles. The van der Waals surface area contributed by atoms with Crippen molar-refractivity contribution >= 4 is 11.8 Å². The van der Waals surface area contributed by atoms with Crippen LogP contribution in [0.1, 0.15) is 25.4 Å². The Hall–Kier alpha value is -2.14. The number of hydrogen-bond donors (Lipinski definition) is 1. The van der Waals surface area contributed by atoms with Gasteiger partial charge in [-0.15, -0.1) is 0 Å². The third-order valence-corrected chi connectivity index (χ3v) is 3.07. The highest BCUT2D eigenvalue weighted by Gasteiger charge is 2.18. The summed E-state index contributed by atoms with van der Waals surface area (Å²) in [5.74, 6) is 1.36. The molecule has 5 nitrogen and oxygen atoms in total. The monoisotopic (exact) mass is 271 g/mol. The summed E-state index contributed by atoms with van der Waals surface area (Å²) in [6.45, 7) is 10.9. The van der Waals surface area contributed by atoms with Gasteiger partial charge in [0.05, 0.1) is 17.1 Å². The van der Waals surface area contributed by atoms with Crippen LogP contribution in [0, 0.1) is 18.0 Å². The van der Waals surface area contributed by atoms with Gasteiger partial charge in [0.15, 0.2) is 0 Å². The molecule has 2 heterocycles. The SMILES string of the molecule is C=Cc1nc(C)n(CC(C)C)c1-c1ncccc1N[O-]. The van der Waals surface area contributed by atoms with Gasteiger partial charge in [-0.05, 0) is 31.1 Å². The first-order valence-corrected chi connectivity index (χ1v) is 6.61. The van der Waals surface area contributed by atoms with E-state index in [1.165, 1.54) is 0 Å². The maximum absolute atomic E-state index is 11.1. The summed E-state index contributed by atoms with van der Waals surface area (Å²) in [6, 6.07) is 3.44. The number of hydrogen-bond acceptors (Lipinski definition) is 4. The molecule has 0 saturated carbocycles. The minimum atomic E-state index is 0.445. The van der Waals surface area contributed by atoms with Gasteiger partial charge in [0.25, 0.3) is 0 Å². The minimum absolute atomic E-state index is 0.445. The van der Waals surface area contributed by atoms with Crippen LogP contribution in [-0.2, 0) is 6.54 Å². The molecule has 2 aromatic rings. The normalized spacial score (nSPS) is 10.8. The first-order valence-electron chi connectivity index (χ1n) is 6.61. The van der Waals surface area contributed by atoms with E-state index < -0.39 is 0 Å². The molecular formula is C15H19N4O-. The molecule has 0 spiro atoms. The van der Waals surface area contributed by atoms with E-state index in [0.29, 0.717) is 17.3 Å². The molecule has 106 valence electrons. The molecule has 0 aromatic carbocycles. The van der Waals surface area contributed by atoms with Gasteiger partial charge in [0.2, 0.25) is 0 Å². The summed E-state index contributed by atoms with van der Waals surface area (Å²) >= 11 is 0. The Balaban J connectivity index is 2.67. The van der Waals surface area contributed by atoms with E-state index in [-0.39, 0.29) is 0 Å². The van der Waals surface area contributed by atoms with Crippen LogP contribution >= 0.6 is 0 Å². The zero-order valence-electron chi connectivity index (χ0n) is 12.1. The van der Waals surface area contributed by atoms with E-state index in [4.69, 9.17) is 0 Å². The molecular weight excluding hydrogens is 252 g/mol. The molecule has 0 aliphatic carbocycles. The van der Waals surface area contributed by atoms with Gasteiger partial charge in [0.1, 0.15) is 11.5 Å². The highest BCUT2D eigenvalue weighted by molar-refractivity contribution is 5.77. The summed E-state index contributed by atoms with van der Waals surface area (Å²) in [7, 11) is 0. The second kappa shape index (κ2) is 5.88. The van der Waals surface area contributed by atoms with Gasteiger partial charge < -0.3 is 15.3 Å². The summed E-state index contributed by atoms with van der Waals surface area (Å²) in [6.07, 6.45) is 3.37. The molecule has 0 saturated heterocycles. The molecule has 0 amide bonds. The molecule has 0 bridgehead atoms. The van der Waals surface area contributed by atoms with Gasteiger partial charge in [-0.3, -0.25) is 4.98 Å². The van der Waals surface area contributed by atoms with Crippen molar-refractivity contribution in [1.82, 2.24) is 14.5 Å². The van der Waals surface area contributed by atoms with E-state index in [9.17, 15) is 5.21 Å². The number of nitrogens with zero attached hydrogens (tertiary/aromatic N) is 3. The Morgan fingerprint density at radius 3 is 2.85 bits per heavy atom. The molecule has 20 heavy (non-hydrogen) atoms. The van der Waals surface area contributed by atoms with Gasteiger partial charge in [0, 0.05) is 12.7 Å². The quantitative estimate of drug-likeness (QED) is 0.846. The average molecular weight is 271 g/mol. The van der Waals surface area contributed by atoms with Crippen molar-refractivity contribution in [1.29, 1.82) is 0 Å². The van der Waals surface area contributed by atoms with Crippen molar-refractivity contribution in [2.75, 3.05) is 5.48 Å². The van der Waals surface area contributed by atoms with E-state index in [1.807, 2.05) is 12.4 Å². The van der Waals surface area contributed by atoms with Crippen molar-refractivity contribution < 1.29 is 0 Å². The first-order chi connectivity index (χ1) is 9.58. The molecule has 5 heteroatoms. The second-order valence-corrected chi connectivity index (χ2v) is 5.10. The van der Waals surface area contributed by atoms with E-state index >= 15 is 0 Å². The predicted octanol–water partition coefficient (Wildman–Crippen LogP) is 3.46. The van der Waals surface area contributed by atoms with Gasteiger partial charge in [-0.2, -0.15) is 0 Å². The van der Waals surface area contributed by atoms with Gasteiger partial charge >= 0.3 is 0 Å². The maximum atomic E-state index is 11.1. The molecule has 0 aliphatic heterocycles. The minimum Gasteiger partial charge on any atom is -0.761 e. The van der Waals surface area contributed by atoms with Crippen LogP contribution in [0.2, 0.25) is 0 Å². The van der Waals surface area contributed by atoms with Crippen molar-refractivity contribution in [2.45, 2.75) is 27.3 Å². The molecule has 0 radical (unpaired) electrons. The van der Waals surface area contributed by atoms with E-state index in [0.717, 1.165) is 23.8 Å². The average Bonchev–Trinajstić information content (AvgIpc) is 2.74. The van der Waals surface area contributed by atoms with Crippen molar-refractivity contribution in [3.05, 3.63) is 41.6 Å². The smallest absolute Gasteiger partial charge is 0.111 e. The topological polar surface area (TPSA) is 65.8 Å². The Bertz CT molecular complexity index is 616. The Morgan fingerprint density at radius 1 is 1.50 bits per heavy atom. The Morgan fingerprint density at radius 2 is 2.25 bits per heavy atom. The van der Waals surface area contributed by atoms with Crippen molar-refractivity contribution in [3.63, 3.8) is 0 Å². The van der Waals surface area contributed by atoms with Crippen LogP contribution in [0.4, 0.5) is 5.69 Å². The number of rotatable bonds is 5. The van der Waals surface area contributed by atoms with Crippen LogP contribution in [0.15, 0.2) is 24.9 Å². The van der Waals surface area contributed by atoms with Crippen LogP contribution in [-0.4, -0.2) is 14.5 Å². The summed E-state index contributed by atoms with van der Waals surface area (Å²) in [5.41, 5.74) is 4.59. The number of pyridine rings is 1. The number of nitrogens with one attached hydrogen (secondary N) is 1. The number of aryl methyl sites for hydroxylation is 1. The predicted molar refractivity (Wildman–Crippen MR) is 82.1 cm³/mol. The van der Waals surface area contributed by atoms with Gasteiger partial charge in [-0.25, -0.2) is 4.98 Å². The summed E-state index contributed by atoms with van der Waals surface area (Å²) in [4.78, 5) is 8.85. The fraction of sp³-hybridized carbons (Fsp3) is 0.333.